The van der Waals surface area contributed by atoms with Gasteiger partial charge in [-0.05, 0) is 53.9 Å². The van der Waals surface area contributed by atoms with Crippen LogP contribution in [0.15, 0.2) is 77.7 Å². The number of esters is 1. The molecule has 0 unspecified atom stereocenters. The van der Waals surface area contributed by atoms with E-state index in [0.29, 0.717) is 29.8 Å². The number of benzene rings is 3. The van der Waals surface area contributed by atoms with E-state index in [1.165, 1.54) is 23.9 Å². The molecule has 32 heavy (non-hydrogen) atoms. The molecule has 3 rings (SSSR count). The van der Waals surface area contributed by atoms with Gasteiger partial charge >= 0.3 is 5.97 Å². The molecule has 5 nitrogen and oxygen atoms in total. The Morgan fingerprint density at radius 1 is 0.969 bits per heavy atom. The minimum atomic E-state index is -0.568. The highest BCUT2D eigenvalue weighted by Gasteiger charge is 2.14. The number of nitrogens with zero attached hydrogens (tertiary/aromatic N) is 1. The van der Waals surface area contributed by atoms with Gasteiger partial charge in [0, 0.05) is 17.2 Å². The molecule has 0 atom stereocenters. The monoisotopic (exact) mass is 448 g/mol. The zero-order valence-corrected chi connectivity index (χ0v) is 18.0. The molecular weight excluding hydrogens is 427 g/mol. The van der Waals surface area contributed by atoms with Gasteiger partial charge in [0.2, 0.25) is 0 Å². The number of carbonyl (C=O) groups is 2. The lowest BCUT2D eigenvalue weighted by Gasteiger charge is -2.10. The first-order valence-electron chi connectivity index (χ1n) is 9.94. The molecule has 7 heteroatoms. The van der Waals surface area contributed by atoms with Gasteiger partial charge in [-0.15, -0.1) is 11.8 Å². The van der Waals surface area contributed by atoms with E-state index in [1.807, 2.05) is 24.3 Å². The SMILES string of the molecule is N#Cc1ccc(CSc2ccccc2C(=O)OCC(=O)NCCc2ccc(F)cc2)cc1. The van der Waals surface area contributed by atoms with Crippen LogP contribution >= 0.6 is 11.8 Å². The van der Waals surface area contributed by atoms with E-state index in [2.05, 4.69) is 11.4 Å². The lowest BCUT2D eigenvalue weighted by molar-refractivity contribution is -0.124. The third-order valence-corrected chi connectivity index (χ3v) is 5.71. The summed E-state index contributed by atoms with van der Waals surface area (Å²) in [5, 5.41) is 11.6. The summed E-state index contributed by atoms with van der Waals surface area (Å²) in [4.78, 5) is 25.2. The Balaban J connectivity index is 1.47. The van der Waals surface area contributed by atoms with E-state index < -0.39 is 11.9 Å². The Morgan fingerprint density at radius 2 is 1.66 bits per heavy atom. The summed E-state index contributed by atoms with van der Waals surface area (Å²) < 4.78 is 18.1. The van der Waals surface area contributed by atoms with Crippen LogP contribution in [-0.2, 0) is 21.7 Å². The highest BCUT2D eigenvalue weighted by Crippen LogP contribution is 2.27. The van der Waals surface area contributed by atoms with Gasteiger partial charge < -0.3 is 10.1 Å². The summed E-state index contributed by atoms with van der Waals surface area (Å²) in [6, 6.07) is 22.5. The van der Waals surface area contributed by atoms with E-state index in [4.69, 9.17) is 10.00 Å². The zero-order chi connectivity index (χ0) is 22.8. The Labute approximate surface area is 190 Å². The molecule has 0 heterocycles. The Kier molecular flexibility index (Phi) is 8.41. The van der Waals surface area contributed by atoms with Crippen molar-refractivity contribution in [1.29, 1.82) is 5.26 Å². The summed E-state index contributed by atoms with van der Waals surface area (Å²) >= 11 is 1.48. The van der Waals surface area contributed by atoms with Crippen LogP contribution in [0.1, 0.15) is 27.0 Å². The minimum absolute atomic E-state index is 0.306. The molecule has 3 aromatic carbocycles. The maximum Gasteiger partial charge on any atom is 0.339 e. The van der Waals surface area contributed by atoms with Crippen LogP contribution in [0.25, 0.3) is 0 Å². The van der Waals surface area contributed by atoms with Gasteiger partial charge in [0.15, 0.2) is 6.61 Å². The van der Waals surface area contributed by atoms with E-state index in [-0.39, 0.29) is 12.4 Å². The van der Waals surface area contributed by atoms with Crippen molar-refractivity contribution in [3.05, 3.63) is 101 Å². The number of amides is 1. The molecule has 0 aliphatic heterocycles. The fraction of sp³-hybridized carbons (Fsp3) is 0.160. The van der Waals surface area contributed by atoms with Gasteiger partial charge in [0.25, 0.3) is 5.91 Å². The van der Waals surface area contributed by atoms with Crippen molar-refractivity contribution >= 4 is 23.6 Å². The lowest BCUT2D eigenvalue weighted by atomic mass is 10.1. The number of rotatable bonds is 9. The highest BCUT2D eigenvalue weighted by molar-refractivity contribution is 7.98. The Bertz CT molecular complexity index is 1110. The summed E-state index contributed by atoms with van der Waals surface area (Å²) in [5.74, 6) is -0.648. The number of hydrogen-bond acceptors (Lipinski definition) is 5. The molecule has 0 spiro atoms. The van der Waals surface area contributed by atoms with Crippen molar-refractivity contribution < 1.29 is 18.7 Å². The van der Waals surface area contributed by atoms with Crippen LogP contribution in [-0.4, -0.2) is 25.0 Å². The number of halogens is 1. The first-order chi connectivity index (χ1) is 15.5. The van der Waals surface area contributed by atoms with Crippen molar-refractivity contribution in [2.24, 2.45) is 0 Å². The lowest BCUT2D eigenvalue weighted by Crippen LogP contribution is -2.30. The molecule has 162 valence electrons. The fourth-order valence-corrected chi connectivity index (χ4v) is 3.85. The van der Waals surface area contributed by atoms with Crippen LogP contribution in [0.4, 0.5) is 4.39 Å². The van der Waals surface area contributed by atoms with E-state index >= 15 is 0 Å². The second-order valence-electron chi connectivity index (χ2n) is 6.90. The number of nitrogens with one attached hydrogen (secondary N) is 1. The van der Waals surface area contributed by atoms with Gasteiger partial charge in [0.05, 0.1) is 17.2 Å². The van der Waals surface area contributed by atoms with Crippen molar-refractivity contribution in [1.82, 2.24) is 5.32 Å². The largest absolute Gasteiger partial charge is 0.452 e. The van der Waals surface area contributed by atoms with Crippen molar-refractivity contribution in [2.45, 2.75) is 17.1 Å². The number of nitriles is 1. The summed E-state index contributed by atoms with van der Waals surface area (Å²) in [5.41, 5.74) is 2.92. The van der Waals surface area contributed by atoms with Gasteiger partial charge in [-0.2, -0.15) is 5.26 Å². The maximum absolute atomic E-state index is 12.9. The number of hydrogen-bond donors (Lipinski definition) is 1. The van der Waals surface area contributed by atoms with Crippen LogP contribution in [0.5, 0.6) is 0 Å². The van der Waals surface area contributed by atoms with E-state index in [9.17, 15) is 14.0 Å². The molecule has 0 aromatic heterocycles. The minimum Gasteiger partial charge on any atom is -0.452 e. The average molecular weight is 449 g/mol. The van der Waals surface area contributed by atoms with Crippen LogP contribution in [0.2, 0.25) is 0 Å². The normalized spacial score (nSPS) is 10.2. The number of thioether (sulfide) groups is 1. The molecule has 0 aliphatic rings. The predicted octanol–water partition coefficient (Wildman–Crippen LogP) is 4.51. The first kappa shape index (κ1) is 23.0. The summed E-state index contributed by atoms with van der Waals surface area (Å²) in [7, 11) is 0. The van der Waals surface area contributed by atoms with Crippen LogP contribution in [0.3, 0.4) is 0 Å². The standard InChI is InChI=1S/C25H21FN2O3S/c26-21-11-9-18(10-12-21)13-14-28-24(29)16-31-25(30)22-3-1-2-4-23(22)32-17-20-7-5-19(15-27)6-8-20/h1-12H,13-14,16-17H2,(H,28,29). The first-order valence-corrected chi connectivity index (χ1v) is 10.9. The fourth-order valence-electron chi connectivity index (χ4n) is 2.85. The van der Waals surface area contributed by atoms with E-state index in [0.717, 1.165) is 16.0 Å². The van der Waals surface area contributed by atoms with Crippen LogP contribution < -0.4 is 5.32 Å². The van der Waals surface area contributed by atoms with Gasteiger partial charge in [0.1, 0.15) is 5.82 Å². The second kappa shape index (κ2) is 11.7. The van der Waals surface area contributed by atoms with Gasteiger partial charge in [-0.1, -0.05) is 36.4 Å². The average Bonchev–Trinajstić information content (AvgIpc) is 2.83. The third kappa shape index (κ3) is 6.96. The Morgan fingerprint density at radius 3 is 2.38 bits per heavy atom. The molecular formula is C25H21FN2O3S. The van der Waals surface area contributed by atoms with Crippen molar-refractivity contribution in [3.63, 3.8) is 0 Å². The molecule has 1 N–H and O–H groups in total. The zero-order valence-electron chi connectivity index (χ0n) is 17.2. The highest BCUT2D eigenvalue weighted by atomic mass is 32.2. The quantitative estimate of drug-likeness (QED) is 0.385. The molecule has 3 aromatic rings. The summed E-state index contributed by atoms with van der Waals surface area (Å²) in [6.07, 6.45) is 0.550. The molecule has 0 radical (unpaired) electrons. The number of ether oxygens (including phenoxy) is 1. The topological polar surface area (TPSA) is 79.2 Å². The molecule has 0 saturated carbocycles. The summed E-state index contributed by atoms with van der Waals surface area (Å²) in [6.45, 7) is -0.0179. The molecule has 0 saturated heterocycles. The Hall–Kier alpha value is -3.63. The molecule has 0 fully saturated rings. The van der Waals surface area contributed by atoms with Crippen molar-refractivity contribution in [3.8, 4) is 6.07 Å². The van der Waals surface area contributed by atoms with Gasteiger partial charge in [-0.25, -0.2) is 9.18 Å². The maximum atomic E-state index is 12.9. The van der Waals surface area contributed by atoms with Gasteiger partial charge in [-0.3, -0.25) is 4.79 Å². The van der Waals surface area contributed by atoms with E-state index in [1.54, 1.807) is 36.4 Å². The molecule has 0 aliphatic carbocycles. The van der Waals surface area contributed by atoms with Crippen LogP contribution in [0, 0.1) is 17.1 Å². The predicted molar refractivity (Wildman–Crippen MR) is 121 cm³/mol. The number of carbonyl (C=O) groups excluding carboxylic acids is 2. The second-order valence-corrected chi connectivity index (χ2v) is 7.91. The smallest absolute Gasteiger partial charge is 0.339 e. The molecule has 0 bridgehead atoms. The third-order valence-electron chi connectivity index (χ3n) is 4.57. The van der Waals surface area contributed by atoms with Crippen molar-refractivity contribution in [2.75, 3.05) is 13.2 Å². The molecule has 1 amide bonds.